The molecule has 0 aliphatic carbocycles. The summed E-state index contributed by atoms with van der Waals surface area (Å²) in [5.41, 5.74) is 0.936. The van der Waals surface area contributed by atoms with E-state index in [1.54, 1.807) is 12.4 Å². The van der Waals surface area contributed by atoms with Gasteiger partial charge < -0.3 is 10.2 Å². The van der Waals surface area contributed by atoms with E-state index in [1.807, 2.05) is 24.0 Å². The van der Waals surface area contributed by atoms with E-state index in [0.29, 0.717) is 19.0 Å². The number of rotatable bonds is 4. The zero-order chi connectivity index (χ0) is 12.1. The Bertz CT molecular complexity index is 360. The van der Waals surface area contributed by atoms with Crippen LogP contribution in [0.25, 0.3) is 0 Å². The first kappa shape index (κ1) is 12.0. The van der Waals surface area contributed by atoms with Gasteiger partial charge in [-0.15, -0.1) is 0 Å². The van der Waals surface area contributed by atoms with Gasteiger partial charge in [0, 0.05) is 37.1 Å². The Hall–Kier alpha value is -1.42. The predicted octanol–water partition coefficient (Wildman–Crippen LogP) is 1.58. The van der Waals surface area contributed by atoms with Crippen molar-refractivity contribution in [3.63, 3.8) is 0 Å². The third-order valence-corrected chi connectivity index (χ3v) is 3.18. The number of nitrogens with one attached hydrogen (secondary N) is 1. The van der Waals surface area contributed by atoms with E-state index < -0.39 is 0 Å². The minimum atomic E-state index is 0.193. The summed E-state index contributed by atoms with van der Waals surface area (Å²) in [4.78, 5) is 18.0. The van der Waals surface area contributed by atoms with Crippen LogP contribution >= 0.6 is 0 Å². The monoisotopic (exact) mass is 233 g/mol. The molecule has 1 N–H and O–H groups in total. The number of anilines is 1. The molecule has 4 nitrogen and oxygen atoms in total. The zero-order valence-electron chi connectivity index (χ0n) is 10.2. The Morgan fingerprint density at radius 1 is 1.53 bits per heavy atom. The van der Waals surface area contributed by atoms with Gasteiger partial charge >= 0.3 is 0 Å². The van der Waals surface area contributed by atoms with Gasteiger partial charge in [-0.1, -0.05) is 0 Å². The zero-order valence-corrected chi connectivity index (χ0v) is 10.2. The van der Waals surface area contributed by atoms with Crippen LogP contribution in [0.3, 0.4) is 0 Å². The lowest BCUT2D eigenvalue weighted by Crippen LogP contribution is -2.35. The highest BCUT2D eigenvalue weighted by Crippen LogP contribution is 2.16. The standard InChI is InChI=1S/C13H19N3O/c1-2-16(12-5-8-14-9-6-12)13(17)10-11-4-3-7-15-11/h5-6,8-9,11,15H,2-4,7,10H2,1H3. The van der Waals surface area contributed by atoms with E-state index in [9.17, 15) is 4.79 Å². The maximum Gasteiger partial charge on any atom is 0.228 e. The maximum absolute atomic E-state index is 12.2. The minimum absolute atomic E-state index is 0.193. The van der Waals surface area contributed by atoms with Crippen molar-refractivity contribution in [1.82, 2.24) is 10.3 Å². The molecular formula is C13H19N3O. The molecule has 1 saturated heterocycles. The van der Waals surface area contributed by atoms with Crippen molar-refractivity contribution in [1.29, 1.82) is 0 Å². The maximum atomic E-state index is 12.2. The third kappa shape index (κ3) is 3.03. The number of aromatic nitrogens is 1. The number of carbonyl (C=O) groups excluding carboxylic acids is 1. The van der Waals surface area contributed by atoms with E-state index in [-0.39, 0.29) is 5.91 Å². The van der Waals surface area contributed by atoms with E-state index >= 15 is 0 Å². The van der Waals surface area contributed by atoms with Crippen molar-refractivity contribution in [2.45, 2.75) is 32.2 Å². The largest absolute Gasteiger partial charge is 0.313 e. The molecule has 0 bridgehead atoms. The second-order valence-electron chi connectivity index (χ2n) is 4.34. The van der Waals surface area contributed by atoms with Gasteiger partial charge in [0.25, 0.3) is 0 Å². The molecule has 1 aromatic rings. The second kappa shape index (κ2) is 5.77. The topological polar surface area (TPSA) is 45.2 Å². The highest BCUT2D eigenvalue weighted by atomic mass is 16.2. The molecule has 0 saturated carbocycles. The van der Waals surface area contributed by atoms with Crippen molar-refractivity contribution in [2.24, 2.45) is 0 Å². The highest BCUT2D eigenvalue weighted by Gasteiger charge is 2.21. The summed E-state index contributed by atoms with van der Waals surface area (Å²) in [6, 6.07) is 4.12. The van der Waals surface area contributed by atoms with Crippen molar-refractivity contribution >= 4 is 11.6 Å². The van der Waals surface area contributed by atoms with Crippen molar-refractivity contribution in [3.8, 4) is 0 Å². The van der Waals surface area contributed by atoms with Crippen molar-refractivity contribution in [2.75, 3.05) is 18.0 Å². The fraction of sp³-hybridized carbons (Fsp3) is 0.538. The number of hydrogen-bond acceptors (Lipinski definition) is 3. The summed E-state index contributed by atoms with van der Waals surface area (Å²) >= 11 is 0. The van der Waals surface area contributed by atoms with E-state index in [2.05, 4.69) is 10.3 Å². The van der Waals surface area contributed by atoms with Crippen molar-refractivity contribution in [3.05, 3.63) is 24.5 Å². The minimum Gasteiger partial charge on any atom is -0.313 e. The van der Waals surface area contributed by atoms with Gasteiger partial charge in [-0.05, 0) is 38.4 Å². The van der Waals surface area contributed by atoms with Gasteiger partial charge in [-0.2, -0.15) is 0 Å². The molecule has 1 fully saturated rings. The Morgan fingerprint density at radius 2 is 2.29 bits per heavy atom. The average Bonchev–Trinajstić information content (AvgIpc) is 2.84. The van der Waals surface area contributed by atoms with E-state index in [4.69, 9.17) is 0 Å². The molecule has 1 unspecified atom stereocenters. The third-order valence-electron chi connectivity index (χ3n) is 3.18. The molecule has 4 heteroatoms. The lowest BCUT2D eigenvalue weighted by atomic mass is 10.1. The van der Waals surface area contributed by atoms with Gasteiger partial charge in [-0.3, -0.25) is 9.78 Å². The number of hydrogen-bond donors (Lipinski definition) is 1. The smallest absolute Gasteiger partial charge is 0.228 e. The van der Waals surface area contributed by atoms with E-state index in [0.717, 1.165) is 18.7 Å². The Kier molecular flexibility index (Phi) is 4.09. The average molecular weight is 233 g/mol. The Balaban J connectivity index is 2.00. The second-order valence-corrected chi connectivity index (χ2v) is 4.34. The molecule has 0 radical (unpaired) electrons. The van der Waals surface area contributed by atoms with E-state index in [1.165, 1.54) is 6.42 Å². The summed E-state index contributed by atoms with van der Waals surface area (Å²) in [6.45, 7) is 3.75. The molecule has 1 atom stereocenters. The lowest BCUT2D eigenvalue weighted by molar-refractivity contribution is -0.119. The summed E-state index contributed by atoms with van der Waals surface area (Å²) in [6.07, 6.45) is 6.33. The van der Waals surface area contributed by atoms with Crippen LogP contribution in [-0.4, -0.2) is 30.0 Å². The molecule has 17 heavy (non-hydrogen) atoms. The molecule has 92 valence electrons. The first-order chi connectivity index (χ1) is 8.31. The first-order valence-corrected chi connectivity index (χ1v) is 6.25. The number of pyridine rings is 1. The Labute approximate surface area is 102 Å². The van der Waals surface area contributed by atoms with Gasteiger partial charge in [-0.25, -0.2) is 0 Å². The number of carbonyl (C=O) groups is 1. The molecule has 1 aromatic heterocycles. The fourth-order valence-corrected chi connectivity index (χ4v) is 2.28. The molecule has 0 aromatic carbocycles. The van der Waals surface area contributed by atoms with Gasteiger partial charge in [0.15, 0.2) is 0 Å². The molecule has 2 rings (SSSR count). The van der Waals surface area contributed by atoms with Crippen LogP contribution in [0, 0.1) is 0 Å². The number of amides is 1. The molecule has 0 spiro atoms. The normalized spacial score (nSPS) is 19.2. The summed E-state index contributed by atoms with van der Waals surface area (Å²) in [5.74, 6) is 0.193. The van der Waals surface area contributed by atoms with Crippen LogP contribution < -0.4 is 10.2 Å². The van der Waals surface area contributed by atoms with Crippen LogP contribution in [0.15, 0.2) is 24.5 Å². The van der Waals surface area contributed by atoms with Crippen LogP contribution in [-0.2, 0) is 4.79 Å². The molecule has 1 amide bonds. The van der Waals surface area contributed by atoms with Crippen LogP contribution in [0.1, 0.15) is 26.2 Å². The first-order valence-electron chi connectivity index (χ1n) is 6.25. The molecule has 1 aliphatic rings. The van der Waals surface area contributed by atoms with Crippen LogP contribution in [0.5, 0.6) is 0 Å². The highest BCUT2D eigenvalue weighted by molar-refractivity contribution is 5.93. The molecule has 1 aliphatic heterocycles. The SMILES string of the molecule is CCN(C(=O)CC1CCCN1)c1ccncc1. The molecule has 2 heterocycles. The fourth-order valence-electron chi connectivity index (χ4n) is 2.28. The summed E-state index contributed by atoms with van der Waals surface area (Å²) in [5, 5.41) is 3.36. The summed E-state index contributed by atoms with van der Waals surface area (Å²) < 4.78 is 0. The number of nitrogens with zero attached hydrogens (tertiary/aromatic N) is 2. The van der Waals surface area contributed by atoms with Gasteiger partial charge in [0.1, 0.15) is 0 Å². The van der Waals surface area contributed by atoms with Crippen molar-refractivity contribution < 1.29 is 4.79 Å². The Morgan fingerprint density at radius 3 is 2.88 bits per heavy atom. The lowest BCUT2D eigenvalue weighted by Gasteiger charge is -2.22. The van der Waals surface area contributed by atoms with Gasteiger partial charge in [0.05, 0.1) is 0 Å². The predicted molar refractivity (Wildman–Crippen MR) is 67.9 cm³/mol. The van der Waals surface area contributed by atoms with Crippen LogP contribution in [0.4, 0.5) is 5.69 Å². The van der Waals surface area contributed by atoms with Crippen LogP contribution in [0.2, 0.25) is 0 Å². The molecular weight excluding hydrogens is 214 g/mol. The summed E-state index contributed by atoms with van der Waals surface area (Å²) in [7, 11) is 0. The van der Waals surface area contributed by atoms with Gasteiger partial charge in [0.2, 0.25) is 5.91 Å². The quantitative estimate of drug-likeness (QED) is 0.858.